The molecule has 1 saturated heterocycles. The van der Waals surface area contributed by atoms with Gasteiger partial charge in [-0.2, -0.15) is 0 Å². The van der Waals surface area contributed by atoms with Crippen LogP contribution in [0.1, 0.15) is 61.8 Å². The first-order chi connectivity index (χ1) is 9.37. The number of esters is 1. The minimum atomic E-state index is -0.551. The molecule has 0 unspecified atom stereocenters. The lowest BCUT2D eigenvalue weighted by Crippen LogP contribution is -2.41. The lowest BCUT2D eigenvalue weighted by molar-refractivity contribution is -0.157. The van der Waals surface area contributed by atoms with E-state index in [0.717, 1.165) is 0 Å². The van der Waals surface area contributed by atoms with Gasteiger partial charge in [-0.05, 0) is 61.8 Å². The van der Waals surface area contributed by atoms with Crippen LogP contribution in [0.5, 0.6) is 0 Å². The Hall–Kier alpha value is -0.805. The fraction of sp³-hybridized carbons (Fsp3) is 0.812. The first kappa shape index (κ1) is 18.2. The molecule has 0 amide bonds. The zero-order chi connectivity index (χ0) is 16.5. The van der Waals surface area contributed by atoms with E-state index in [-0.39, 0.29) is 30.4 Å². The van der Waals surface area contributed by atoms with Gasteiger partial charge in [0.25, 0.3) is 0 Å². The second-order valence-electron chi connectivity index (χ2n) is 7.59. The lowest BCUT2D eigenvalue weighted by Gasteiger charge is -2.32. The van der Waals surface area contributed by atoms with Gasteiger partial charge in [0.05, 0.1) is 22.7 Å². The molecule has 0 N–H and O–H groups in total. The summed E-state index contributed by atoms with van der Waals surface area (Å²) < 4.78 is 17.0. The Morgan fingerprint density at radius 3 is 2.10 bits per heavy atom. The molecular formula is C16H29BO4. The van der Waals surface area contributed by atoms with E-state index in [4.69, 9.17) is 14.0 Å². The van der Waals surface area contributed by atoms with Crippen LogP contribution in [-0.2, 0) is 18.8 Å². The molecule has 21 heavy (non-hydrogen) atoms. The number of allylic oxidation sites excluding steroid dienone is 1. The van der Waals surface area contributed by atoms with Gasteiger partial charge in [0.15, 0.2) is 0 Å². The van der Waals surface area contributed by atoms with E-state index in [0.29, 0.717) is 6.42 Å². The van der Waals surface area contributed by atoms with Crippen LogP contribution >= 0.6 is 0 Å². The Balaban J connectivity index is 2.58. The Morgan fingerprint density at radius 1 is 1.19 bits per heavy atom. The van der Waals surface area contributed by atoms with Crippen molar-refractivity contribution in [3.63, 3.8) is 0 Å². The minimum absolute atomic E-state index is 0.0937. The van der Waals surface area contributed by atoms with Crippen molar-refractivity contribution in [2.45, 2.75) is 79.1 Å². The van der Waals surface area contributed by atoms with Gasteiger partial charge in [-0.1, -0.05) is 12.1 Å². The third-order valence-corrected chi connectivity index (χ3v) is 4.09. The monoisotopic (exact) mass is 296 g/mol. The largest absolute Gasteiger partial charge is 0.486 e. The molecule has 0 atom stereocenters. The van der Waals surface area contributed by atoms with Gasteiger partial charge in [-0.25, -0.2) is 0 Å². The summed E-state index contributed by atoms with van der Waals surface area (Å²) in [6.45, 7) is 15.5. The summed E-state index contributed by atoms with van der Waals surface area (Å²) in [7, 11) is -0.369. The van der Waals surface area contributed by atoms with E-state index in [1.807, 2.05) is 67.4 Å². The third-order valence-electron chi connectivity index (χ3n) is 4.09. The first-order valence-corrected chi connectivity index (χ1v) is 7.61. The standard InChI is InChI=1S/C16H29BO4/c1-12(2)19-13(18)14(3,4)10-9-11-17-20-15(5,6)16(7,8)21-17/h9,11-12H,10H2,1-8H3. The topological polar surface area (TPSA) is 44.8 Å². The van der Waals surface area contributed by atoms with E-state index < -0.39 is 5.41 Å². The predicted molar refractivity (Wildman–Crippen MR) is 84.8 cm³/mol. The highest BCUT2D eigenvalue weighted by Crippen LogP contribution is 2.37. The van der Waals surface area contributed by atoms with E-state index in [9.17, 15) is 4.79 Å². The fourth-order valence-electron chi connectivity index (χ4n) is 1.90. The van der Waals surface area contributed by atoms with Gasteiger partial charge in [0.2, 0.25) is 0 Å². The van der Waals surface area contributed by atoms with Gasteiger partial charge in [0, 0.05) is 0 Å². The van der Waals surface area contributed by atoms with Crippen molar-refractivity contribution in [3.05, 3.63) is 12.1 Å². The Bertz CT molecular complexity index is 395. The Kier molecular flexibility index (Phi) is 5.33. The number of hydrogen-bond donors (Lipinski definition) is 0. The van der Waals surface area contributed by atoms with Crippen LogP contribution in [0.4, 0.5) is 0 Å². The summed E-state index contributed by atoms with van der Waals surface area (Å²) in [4.78, 5) is 12.0. The number of carbonyl (C=O) groups excluding carboxylic acids is 1. The smallest absolute Gasteiger partial charge is 0.463 e. The van der Waals surface area contributed by atoms with Gasteiger partial charge in [-0.3, -0.25) is 4.79 Å². The van der Waals surface area contributed by atoms with E-state index in [1.54, 1.807) is 0 Å². The van der Waals surface area contributed by atoms with Crippen LogP contribution < -0.4 is 0 Å². The van der Waals surface area contributed by atoms with E-state index in [1.165, 1.54) is 0 Å². The summed E-state index contributed by atoms with van der Waals surface area (Å²) >= 11 is 0. The molecule has 0 aromatic rings. The molecular weight excluding hydrogens is 267 g/mol. The molecule has 0 aromatic heterocycles. The van der Waals surface area contributed by atoms with Crippen LogP contribution in [0.3, 0.4) is 0 Å². The average Bonchev–Trinajstić information content (AvgIpc) is 2.45. The molecule has 0 aliphatic carbocycles. The van der Waals surface area contributed by atoms with Crippen molar-refractivity contribution >= 4 is 13.1 Å². The molecule has 1 rings (SSSR count). The van der Waals surface area contributed by atoms with Crippen molar-refractivity contribution < 1.29 is 18.8 Å². The summed E-state index contributed by atoms with van der Waals surface area (Å²) in [6.07, 6.45) is 2.43. The van der Waals surface area contributed by atoms with Crippen molar-refractivity contribution in [3.8, 4) is 0 Å². The Labute approximate surface area is 129 Å². The molecule has 1 aliphatic rings. The van der Waals surface area contributed by atoms with Crippen LogP contribution in [-0.4, -0.2) is 30.4 Å². The van der Waals surface area contributed by atoms with Crippen LogP contribution in [0, 0.1) is 5.41 Å². The summed E-state index contributed by atoms with van der Waals surface area (Å²) in [5.74, 6) is 1.69. The maximum absolute atomic E-state index is 12.0. The summed E-state index contributed by atoms with van der Waals surface area (Å²) in [5.41, 5.74) is -1.23. The van der Waals surface area contributed by atoms with Crippen molar-refractivity contribution in [2.24, 2.45) is 5.41 Å². The van der Waals surface area contributed by atoms with Gasteiger partial charge < -0.3 is 14.0 Å². The lowest BCUT2D eigenvalue weighted by atomic mass is 9.84. The zero-order valence-electron chi connectivity index (χ0n) is 14.6. The fourth-order valence-corrected chi connectivity index (χ4v) is 1.90. The molecule has 0 spiro atoms. The number of hydrogen-bond acceptors (Lipinski definition) is 4. The molecule has 0 radical (unpaired) electrons. The molecule has 0 bridgehead atoms. The second kappa shape index (κ2) is 6.13. The second-order valence-corrected chi connectivity index (χ2v) is 7.59. The molecule has 0 aromatic carbocycles. The first-order valence-electron chi connectivity index (χ1n) is 7.61. The molecule has 5 heteroatoms. The quantitative estimate of drug-likeness (QED) is 0.575. The van der Waals surface area contributed by atoms with E-state index in [2.05, 4.69) is 0 Å². The molecule has 4 nitrogen and oxygen atoms in total. The third kappa shape index (κ3) is 4.58. The molecule has 1 heterocycles. The Morgan fingerprint density at radius 2 is 1.67 bits per heavy atom. The summed E-state index contributed by atoms with van der Waals surface area (Å²) in [5, 5.41) is 0. The van der Waals surface area contributed by atoms with Gasteiger partial charge in [-0.15, -0.1) is 0 Å². The van der Waals surface area contributed by atoms with Crippen molar-refractivity contribution in [1.82, 2.24) is 0 Å². The SMILES string of the molecule is CC(C)OC(=O)C(C)(C)CC=CB1OC(C)(C)C(C)(C)O1. The molecule has 1 fully saturated rings. The molecule has 120 valence electrons. The van der Waals surface area contributed by atoms with Crippen molar-refractivity contribution in [1.29, 1.82) is 0 Å². The predicted octanol–water partition coefficient (Wildman–Crippen LogP) is 3.54. The van der Waals surface area contributed by atoms with E-state index >= 15 is 0 Å². The zero-order valence-corrected chi connectivity index (χ0v) is 14.6. The number of rotatable bonds is 5. The average molecular weight is 296 g/mol. The summed E-state index contributed by atoms with van der Waals surface area (Å²) in [6, 6.07) is 0. The molecule has 0 saturated carbocycles. The van der Waals surface area contributed by atoms with Gasteiger partial charge in [0.1, 0.15) is 0 Å². The number of carbonyl (C=O) groups is 1. The highest BCUT2D eigenvalue weighted by Gasteiger charge is 2.50. The highest BCUT2D eigenvalue weighted by molar-refractivity contribution is 6.51. The maximum atomic E-state index is 12.0. The van der Waals surface area contributed by atoms with Crippen molar-refractivity contribution in [2.75, 3.05) is 0 Å². The van der Waals surface area contributed by atoms with Gasteiger partial charge >= 0.3 is 13.1 Å². The minimum Gasteiger partial charge on any atom is -0.463 e. The van der Waals surface area contributed by atoms with Crippen LogP contribution in [0.15, 0.2) is 12.1 Å². The number of ether oxygens (including phenoxy) is 1. The van der Waals surface area contributed by atoms with Crippen LogP contribution in [0.25, 0.3) is 0 Å². The normalized spacial score (nSPS) is 21.3. The molecule has 1 aliphatic heterocycles. The maximum Gasteiger partial charge on any atom is 0.486 e. The van der Waals surface area contributed by atoms with Crippen LogP contribution in [0.2, 0.25) is 0 Å². The highest BCUT2D eigenvalue weighted by atomic mass is 16.7.